The minimum Gasteiger partial charge on any atom is -0.437 e. The quantitative estimate of drug-likeness (QED) is 0.0796. The Kier molecular flexibility index (Phi) is 21.6. The van der Waals surface area contributed by atoms with Crippen molar-refractivity contribution in [2.45, 2.75) is 95.9 Å². The van der Waals surface area contributed by atoms with Gasteiger partial charge >= 0.3 is 0 Å². The highest BCUT2D eigenvalue weighted by Gasteiger charge is 2.31. The van der Waals surface area contributed by atoms with Gasteiger partial charge in [0.15, 0.2) is 47.1 Å². The maximum absolute atomic E-state index is 15.0. The van der Waals surface area contributed by atoms with Crippen LogP contribution in [0.25, 0.3) is 178 Å². The fourth-order valence-electron chi connectivity index (χ4n) is 17.2. The van der Waals surface area contributed by atoms with Crippen LogP contribution in [0.3, 0.4) is 0 Å². The predicted octanol–water partition coefficient (Wildman–Crippen LogP) is 25.9. The molecule has 20 aromatic rings. The molecule has 0 unspecified atom stereocenters. The van der Waals surface area contributed by atoms with E-state index in [2.05, 4.69) is 263 Å². The van der Waals surface area contributed by atoms with Crippen LogP contribution < -0.4 is 18.3 Å². The van der Waals surface area contributed by atoms with E-state index in [-0.39, 0.29) is 16.8 Å². The van der Waals surface area contributed by atoms with Gasteiger partial charge in [0.25, 0.3) is 0 Å². The first-order valence-corrected chi connectivity index (χ1v) is 41.1. The molecule has 0 aliphatic carbocycles. The van der Waals surface area contributed by atoms with Crippen LogP contribution in [0.1, 0.15) is 86.5 Å². The highest BCUT2D eigenvalue weighted by Crippen LogP contribution is 2.45. The van der Waals surface area contributed by atoms with Crippen molar-refractivity contribution in [3.8, 4) is 89.5 Å². The number of halogens is 6. The number of hydrogen-bond acceptors (Lipinski definition) is 8. The summed E-state index contributed by atoms with van der Waals surface area (Å²) in [4.78, 5) is 15.5. The first-order chi connectivity index (χ1) is 59.4. The number of pyridine rings is 8. The fourth-order valence-corrected chi connectivity index (χ4v) is 17.2. The average Bonchev–Trinajstić information content (AvgIpc) is 1.58. The highest BCUT2D eigenvalue weighted by atomic mass is 19.2. The lowest BCUT2D eigenvalue weighted by Crippen LogP contribution is -2.31. The minimum atomic E-state index is -0.898. The van der Waals surface area contributed by atoms with Gasteiger partial charge in [-0.25, -0.2) is 27.0 Å². The van der Waals surface area contributed by atoms with Crippen LogP contribution in [0.15, 0.2) is 249 Å². The van der Waals surface area contributed by atoms with E-state index in [1.165, 1.54) is 86.0 Å². The molecule has 616 valence electrons. The van der Waals surface area contributed by atoms with Gasteiger partial charge in [-0.15, -0.1) is 0 Å². The Morgan fingerprint density at radius 1 is 0.258 bits per heavy atom. The van der Waals surface area contributed by atoms with Crippen molar-refractivity contribution < 1.29 is 62.3 Å². The van der Waals surface area contributed by atoms with E-state index in [1.54, 1.807) is 18.2 Å². The first-order valence-electron chi connectivity index (χ1n) is 41.1. The zero-order chi connectivity index (χ0) is 87.3. The van der Waals surface area contributed by atoms with Crippen LogP contribution in [-0.2, 0) is 28.2 Å². The summed E-state index contributed by atoms with van der Waals surface area (Å²) in [6, 6.07) is 66.0. The Bertz CT molecular complexity index is 7700. The number of aromatic nitrogens is 8. The fraction of sp³-hybridized carbons (Fsp3) is 0.170. The number of benzene rings is 8. The third-order valence-electron chi connectivity index (χ3n) is 23.7. The first kappa shape index (κ1) is 82.1. The normalized spacial score (nSPS) is 11.6. The Morgan fingerprint density at radius 3 is 0.919 bits per heavy atom. The summed E-state index contributed by atoms with van der Waals surface area (Å²) < 4.78 is 117. The van der Waals surface area contributed by atoms with Gasteiger partial charge in [0.2, 0.25) is 69.4 Å². The van der Waals surface area contributed by atoms with Crippen molar-refractivity contribution >= 4 is 88.3 Å². The van der Waals surface area contributed by atoms with E-state index in [0.29, 0.717) is 44.7 Å². The summed E-state index contributed by atoms with van der Waals surface area (Å²) in [6.45, 7) is 27.0. The molecule has 124 heavy (non-hydrogen) atoms. The van der Waals surface area contributed by atoms with Crippen LogP contribution in [-0.4, -0.2) is 19.9 Å². The molecule has 8 aromatic carbocycles. The molecule has 12 nitrogen and oxygen atoms in total. The standard InChI is InChI=1S/C28H26FN2O.2C26H21F2N2O.C26H22FN2O/c1-16(2)19-7-9-20(10-8-19)23-14-24(31(5)15-18(23)4)26-17(3)6-11-21-22-12-13-25(29)30-28(22)32-27(21)26;1-14-5-8-17(9-6-14)19-11-21(30(4)13-16(19)3)23-15(2)7-10-18-24-20(27)12-22(28)29-26(24)31-25(18)23;1-14-5-7-17(8-6-14)19-12-21(30(4)13-16(19)3)23-15(2)11-20(27)24-18-9-10-22(28)29-26(18)31-25(23)24;1-15-5-8-18(9-6-15)21-13-22(29(4)14-17(21)3)24-16(2)7-10-19-20-11-12-23(27)28-26(20)30-25(19)24/h6-16H,1-5H3;2*5-13H,1-4H3;5-14H,1-4H3/q4*+1. The number of fused-ring (bicyclic) bond motifs is 12. The molecular formula is C106H90F6N8O4+4. The summed E-state index contributed by atoms with van der Waals surface area (Å²) in [5.74, 6) is -3.22. The van der Waals surface area contributed by atoms with Gasteiger partial charge in [-0.3, -0.25) is 0 Å². The van der Waals surface area contributed by atoms with Crippen molar-refractivity contribution in [1.82, 2.24) is 19.9 Å². The van der Waals surface area contributed by atoms with Crippen LogP contribution in [0.5, 0.6) is 0 Å². The van der Waals surface area contributed by atoms with E-state index in [1.807, 2.05) is 69.4 Å². The molecule has 0 radical (unpaired) electrons. The zero-order valence-electron chi connectivity index (χ0n) is 72.0. The second kappa shape index (κ2) is 32.6. The number of rotatable bonds is 9. The lowest BCUT2D eigenvalue weighted by Gasteiger charge is -2.11. The second-order valence-corrected chi connectivity index (χ2v) is 33.0. The number of furan rings is 4. The number of nitrogens with zero attached hydrogens (tertiary/aromatic N) is 8. The number of hydrogen-bond donors (Lipinski definition) is 0. The molecule has 0 amide bonds. The van der Waals surface area contributed by atoms with E-state index in [0.717, 1.165) is 139 Å². The predicted molar refractivity (Wildman–Crippen MR) is 480 cm³/mol. The number of aryl methyl sites for hydroxylation is 15. The largest absolute Gasteiger partial charge is 0.437 e. The molecule has 0 N–H and O–H groups in total. The molecule has 0 saturated heterocycles. The van der Waals surface area contributed by atoms with Gasteiger partial charge in [0, 0.05) is 79.5 Å². The molecule has 0 saturated carbocycles. The topological polar surface area (TPSA) is 120 Å². The monoisotopic (exact) mass is 1650 g/mol. The van der Waals surface area contributed by atoms with Crippen LogP contribution in [0, 0.1) is 112 Å². The Hall–Kier alpha value is -14.3. The summed E-state index contributed by atoms with van der Waals surface area (Å²) in [5.41, 5.74) is 33.2. The molecule has 12 heterocycles. The highest BCUT2D eigenvalue weighted by molar-refractivity contribution is 6.12. The van der Waals surface area contributed by atoms with Gasteiger partial charge in [0.05, 0.1) is 38.4 Å². The van der Waals surface area contributed by atoms with E-state index in [9.17, 15) is 26.3 Å². The van der Waals surface area contributed by atoms with E-state index >= 15 is 0 Å². The van der Waals surface area contributed by atoms with Crippen LogP contribution in [0.2, 0.25) is 0 Å². The molecule has 0 aliphatic rings. The van der Waals surface area contributed by atoms with Gasteiger partial charge in [0.1, 0.15) is 39.8 Å². The molecule has 12 aromatic heterocycles. The van der Waals surface area contributed by atoms with Crippen LogP contribution in [0.4, 0.5) is 26.3 Å². The van der Waals surface area contributed by atoms with Crippen molar-refractivity contribution in [1.29, 1.82) is 0 Å². The molecule has 20 rings (SSSR count). The molecule has 0 fully saturated rings. The second-order valence-electron chi connectivity index (χ2n) is 33.0. The maximum atomic E-state index is 15.0. The SMILES string of the molecule is Cc1c[n+](C)c(-c2c(C)ccc3c2oc2nc(F)ccc23)cc1-c1ccc(C(C)C)cc1.Cc1ccc(-c2cc(-c3c(C)cc(F)c4c3oc3nc(F)ccc34)[n+](C)cc2C)cc1.Cc1ccc(-c2cc(-c3c(C)ccc4c3oc3nc(F)cc(F)c34)[n+](C)cc2C)cc1.Cc1ccc(-c2cc(-c3c(C)ccc4c3oc3nc(F)ccc34)[n+](C)cc2C)cc1. The maximum Gasteiger partial charge on any atom is 0.232 e. The van der Waals surface area contributed by atoms with E-state index in [4.69, 9.17) is 17.7 Å². The molecular weight excluding hydrogens is 1560 g/mol. The summed E-state index contributed by atoms with van der Waals surface area (Å²) in [6.07, 6.45) is 8.42. The minimum absolute atomic E-state index is 0.0344. The summed E-state index contributed by atoms with van der Waals surface area (Å²) in [5, 5.41) is 5.09. The molecule has 0 bridgehead atoms. The molecule has 0 aliphatic heterocycles. The summed E-state index contributed by atoms with van der Waals surface area (Å²) in [7, 11) is 8.02. The lowest BCUT2D eigenvalue weighted by atomic mass is 9.94. The smallest absolute Gasteiger partial charge is 0.232 e. The van der Waals surface area contributed by atoms with Gasteiger partial charge in [-0.1, -0.05) is 164 Å². The Morgan fingerprint density at radius 2 is 0.548 bits per heavy atom. The van der Waals surface area contributed by atoms with Gasteiger partial charge in [-0.2, -0.15) is 37.5 Å². The Labute approximate surface area is 713 Å². The molecule has 18 heteroatoms. The molecule has 0 spiro atoms. The Balaban J connectivity index is 0.000000117. The van der Waals surface area contributed by atoms with Crippen LogP contribution >= 0.6 is 0 Å². The zero-order valence-corrected chi connectivity index (χ0v) is 72.0. The van der Waals surface area contributed by atoms with Gasteiger partial charge in [-0.05, 0) is 197 Å². The van der Waals surface area contributed by atoms with Crippen molar-refractivity contribution in [3.05, 3.63) is 333 Å². The van der Waals surface area contributed by atoms with Crippen molar-refractivity contribution in [2.24, 2.45) is 28.2 Å². The molecule has 0 atom stereocenters. The van der Waals surface area contributed by atoms with Crippen molar-refractivity contribution in [2.75, 3.05) is 0 Å². The van der Waals surface area contributed by atoms with E-state index < -0.39 is 35.4 Å². The van der Waals surface area contributed by atoms with Crippen molar-refractivity contribution in [3.63, 3.8) is 0 Å². The third-order valence-corrected chi connectivity index (χ3v) is 23.7. The lowest BCUT2D eigenvalue weighted by molar-refractivity contribution is -0.660. The third kappa shape index (κ3) is 15.2. The average molecular weight is 1650 g/mol. The van der Waals surface area contributed by atoms with Gasteiger partial charge < -0.3 is 17.7 Å². The summed E-state index contributed by atoms with van der Waals surface area (Å²) >= 11 is 0.